The Bertz CT molecular complexity index is 1110. The zero-order chi connectivity index (χ0) is 22.2. The lowest BCUT2D eigenvalue weighted by Gasteiger charge is -2.08. The van der Waals surface area contributed by atoms with Gasteiger partial charge < -0.3 is 14.2 Å². The third kappa shape index (κ3) is 5.82. The quantitative estimate of drug-likeness (QED) is 0.162. The smallest absolute Gasteiger partial charge is 0.344 e. The van der Waals surface area contributed by atoms with Crippen LogP contribution in [0, 0.1) is 3.57 Å². The van der Waals surface area contributed by atoms with Gasteiger partial charge in [-0.15, -0.1) is 0 Å². The lowest BCUT2D eigenvalue weighted by atomic mass is 10.2. The van der Waals surface area contributed by atoms with Gasteiger partial charge in [0.05, 0.1) is 26.0 Å². The van der Waals surface area contributed by atoms with Gasteiger partial charge in [0.2, 0.25) is 0 Å². The first-order chi connectivity index (χ1) is 15.0. The summed E-state index contributed by atoms with van der Waals surface area (Å²) >= 11 is 2.09. The standard InChI is InChI=1S/C23H19IN2O5/c1-29-20-12-9-16(13-21(20)30-2)22(27)26-25-14-15-7-10-17(11-8-15)31-23(28)18-5-3-4-6-19(18)24/h3-14H,1-2H3,(H,26,27)/b25-14+. The number of amides is 1. The van der Waals surface area contributed by atoms with Crippen molar-refractivity contribution in [1.29, 1.82) is 0 Å². The Labute approximate surface area is 193 Å². The highest BCUT2D eigenvalue weighted by Gasteiger charge is 2.12. The Morgan fingerprint density at radius 1 is 0.935 bits per heavy atom. The molecule has 0 aromatic heterocycles. The molecule has 1 amide bonds. The number of carbonyl (C=O) groups is 2. The fourth-order valence-electron chi connectivity index (χ4n) is 2.62. The summed E-state index contributed by atoms with van der Waals surface area (Å²) in [6.45, 7) is 0. The van der Waals surface area contributed by atoms with Gasteiger partial charge in [0, 0.05) is 9.13 Å². The zero-order valence-corrected chi connectivity index (χ0v) is 19.0. The van der Waals surface area contributed by atoms with Crippen molar-refractivity contribution in [3.8, 4) is 17.2 Å². The van der Waals surface area contributed by atoms with Crippen LogP contribution in [0.25, 0.3) is 0 Å². The summed E-state index contributed by atoms with van der Waals surface area (Å²) in [6, 6.07) is 18.8. The van der Waals surface area contributed by atoms with Crippen LogP contribution in [-0.4, -0.2) is 32.3 Å². The number of rotatable bonds is 7. The van der Waals surface area contributed by atoms with E-state index in [1.165, 1.54) is 20.4 Å². The molecular weight excluding hydrogens is 511 g/mol. The zero-order valence-electron chi connectivity index (χ0n) is 16.8. The molecule has 158 valence electrons. The summed E-state index contributed by atoms with van der Waals surface area (Å²) in [7, 11) is 3.02. The molecule has 0 aliphatic rings. The Morgan fingerprint density at radius 2 is 1.65 bits per heavy atom. The Morgan fingerprint density at radius 3 is 2.32 bits per heavy atom. The Hall–Kier alpha value is -3.40. The maximum absolute atomic E-state index is 12.3. The van der Waals surface area contributed by atoms with E-state index in [4.69, 9.17) is 14.2 Å². The molecule has 31 heavy (non-hydrogen) atoms. The second-order valence-electron chi connectivity index (χ2n) is 6.21. The minimum Gasteiger partial charge on any atom is -0.493 e. The van der Waals surface area contributed by atoms with Crippen LogP contribution in [0.5, 0.6) is 17.2 Å². The fourth-order valence-corrected chi connectivity index (χ4v) is 3.23. The molecular formula is C23H19IN2O5. The van der Waals surface area contributed by atoms with Crippen molar-refractivity contribution < 1.29 is 23.8 Å². The number of hydrogen-bond acceptors (Lipinski definition) is 6. The van der Waals surface area contributed by atoms with Crippen LogP contribution in [0.1, 0.15) is 26.3 Å². The maximum atomic E-state index is 12.3. The molecule has 0 heterocycles. The molecule has 0 unspecified atom stereocenters. The van der Waals surface area contributed by atoms with E-state index in [1.807, 2.05) is 12.1 Å². The van der Waals surface area contributed by atoms with Crippen LogP contribution in [0.4, 0.5) is 0 Å². The van der Waals surface area contributed by atoms with E-state index >= 15 is 0 Å². The molecule has 0 spiro atoms. The van der Waals surface area contributed by atoms with E-state index in [9.17, 15) is 9.59 Å². The molecule has 0 aliphatic heterocycles. The average Bonchev–Trinajstić information content (AvgIpc) is 2.79. The minimum atomic E-state index is -0.423. The summed E-state index contributed by atoms with van der Waals surface area (Å²) in [4.78, 5) is 24.5. The molecule has 3 aromatic rings. The molecule has 0 aliphatic carbocycles. The van der Waals surface area contributed by atoms with E-state index in [0.717, 1.165) is 9.13 Å². The van der Waals surface area contributed by atoms with E-state index in [0.29, 0.717) is 28.4 Å². The first-order valence-corrected chi connectivity index (χ1v) is 10.2. The molecule has 8 heteroatoms. The largest absolute Gasteiger partial charge is 0.493 e. The molecule has 0 saturated carbocycles. The van der Waals surface area contributed by atoms with Crippen LogP contribution in [-0.2, 0) is 0 Å². The number of ether oxygens (including phenoxy) is 3. The summed E-state index contributed by atoms with van der Waals surface area (Å²) in [5, 5.41) is 3.96. The van der Waals surface area contributed by atoms with Gasteiger partial charge in [0.15, 0.2) is 11.5 Å². The number of methoxy groups -OCH3 is 2. The van der Waals surface area contributed by atoms with E-state index in [2.05, 4.69) is 33.1 Å². The van der Waals surface area contributed by atoms with E-state index in [1.54, 1.807) is 54.6 Å². The molecule has 0 fully saturated rings. The number of benzene rings is 3. The van der Waals surface area contributed by atoms with Crippen molar-refractivity contribution in [2.45, 2.75) is 0 Å². The van der Waals surface area contributed by atoms with Gasteiger partial charge in [0.25, 0.3) is 5.91 Å². The summed E-state index contributed by atoms with van der Waals surface area (Å²) in [5.41, 5.74) is 4.07. The van der Waals surface area contributed by atoms with Crippen molar-refractivity contribution in [3.05, 3.63) is 87.0 Å². The van der Waals surface area contributed by atoms with Crippen molar-refractivity contribution in [1.82, 2.24) is 5.43 Å². The van der Waals surface area contributed by atoms with Gasteiger partial charge in [-0.25, -0.2) is 10.2 Å². The highest BCUT2D eigenvalue weighted by molar-refractivity contribution is 14.1. The number of carbonyl (C=O) groups excluding carboxylic acids is 2. The summed E-state index contributed by atoms with van der Waals surface area (Å²) in [6.07, 6.45) is 1.49. The molecule has 0 saturated heterocycles. The van der Waals surface area contributed by atoms with Crippen LogP contribution in [0.15, 0.2) is 71.8 Å². The molecule has 0 radical (unpaired) electrons. The van der Waals surface area contributed by atoms with Gasteiger partial charge in [0.1, 0.15) is 5.75 Å². The van der Waals surface area contributed by atoms with E-state index < -0.39 is 5.97 Å². The number of nitrogens with one attached hydrogen (secondary N) is 1. The molecule has 7 nitrogen and oxygen atoms in total. The summed E-state index contributed by atoms with van der Waals surface area (Å²) < 4.78 is 16.6. The molecule has 3 rings (SSSR count). The minimum absolute atomic E-state index is 0.382. The SMILES string of the molecule is COc1ccc(C(=O)N/N=C/c2ccc(OC(=O)c3ccccc3I)cc2)cc1OC. The number of hydrogen-bond donors (Lipinski definition) is 1. The van der Waals surface area contributed by atoms with Crippen LogP contribution >= 0.6 is 22.6 Å². The number of halogens is 1. The predicted octanol–water partition coefficient (Wildman–Crippen LogP) is 4.29. The van der Waals surface area contributed by atoms with Gasteiger partial charge in [-0.1, -0.05) is 12.1 Å². The van der Waals surface area contributed by atoms with Crippen molar-refractivity contribution >= 4 is 40.7 Å². The topological polar surface area (TPSA) is 86.2 Å². The van der Waals surface area contributed by atoms with Crippen molar-refractivity contribution in [2.24, 2.45) is 5.10 Å². The first kappa shape index (κ1) is 22.3. The number of esters is 1. The van der Waals surface area contributed by atoms with Crippen molar-refractivity contribution in [2.75, 3.05) is 14.2 Å². The molecule has 1 N–H and O–H groups in total. The molecule has 3 aromatic carbocycles. The second-order valence-corrected chi connectivity index (χ2v) is 7.37. The monoisotopic (exact) mass is 530 g/mol. The third-order valence-electron chi connectivity index (χ3n) is 4.21. The molecule has 0 bridgehead atoms. The van der Waals surface area contributed by atoms with Gasteiger partial charge >= 0.3 is 5.97 Å². The lowest BCUT2D eigenvalue weighted by Crippen LogP contribution is -2.17. The highest BCUT2D eigenvalue weighted by atomic mass is 127. The normalized spacial score (nSPS) is 10.5. The van der Waals surface area contributed by atoms with Gasteiger partial charge in [-0.05, 0) is 82.8 Å². The second kappa shape index (κ2) is 10.6. The fraction of sp³-hybridized carbons (Fsp3) is 0.0870. The van der Waals surface area contributed by atoms with Crippen molar-refractivity contribution in [3.63, 3.8) is 0 Å². The lowest BCUT2D eigenvalue weighted by molar-refractivity contribution is 0.0733. The van der Waals surface area contributed by atoms with Crippen LogP contribution < -0.4 is 19.6 Å². The number of hydrazone groups is 1. The van der Waals surface area contributed by atoms with Crippen LogP contribution in [0.3, 0.4) is 0 Å². The highest BCUT2D eigenvalue weighted by Crippen LogP contribution is 2.27. The molecule has 0 atom stereocenters. The summed E-state index contributed by atoms with van der Waals surface area (Å²) in [5.74, 6) is 0.588. The van der Waals surface area contributed by atoms with E-state index in [-0.39, 0.29) is 5.91 Å². The third-order valence-corrected chi connectivity index (χ3v) is 5.15. The Kier molecular flexibility index (Phi) is 7.60. The number of nitrogens with zero attached hydrogens (tertiary/aromatic N) is 1. The maximum Gasteiger partial charge on any atom is 0.344 e. The van der Waals surface area contributed by atoms with Gasteiger partial charge in [-0.2, -0.15) is 5.10 Å². The van der Waals surface area contributed by atoms with Crippen LogP contribution in [0.2, 0.25) is 0 Å². The average molecular weight is 530 g/mol. The van der Waals surface area contributed by atoms with Gasteiger partial charge in [-0.3, -0.25) is 4.79 Å². The first-order valence-electron chi connectivity index (χ1n) is 9.14. The predicted molar refractivity (Wildman–Crippen MR) is 125 cm³/mol. The Balaban J connectivity index is 1.59.